The number of nitrogens with zero attached hydrogens (tertiary/aromatic N) is 1. The Kier molecular flexibility index (Phi) is 3.49. The third kappa shape index (κ3) is 2.88. The molecule has 2 aromatic rings. The third-order valence-electron chi connectivity index (χ3n) is 2.60. The second-order valence-corrected chi connectivity index (χ2v) is 3.87. The Morgan fingerprint density at radius 2 is 2.24 bits per heavy atom. The SMILES string of the molecule is CC(NCc1cn[nH]c1)c1ccc(F)cc1F. The highest BCUT2D eigenvalue weighted by Crippen LogP contribution is 2.17. The lowest BCUT2D eigenvalue weighted by Gasteiger charge is -2.14. The summed E-state index contributed by atoms with van der Waals surface area (Å²) in [6.45, 7) is 2.41. The molecule has 0 fully saturated rings. The summed E-state index contributed by atoms with van der Waals surface area (Å²) in [6, 6.07) is 3.42. The Hall–Kier alpha value is -1.75. The zero-order valence-corrected chi connectivity index (χ0v) is 9.37. The molecule has 1 aromatic carbocycles. The maximum Gasteiger partial charge on any atom is 0.130 e. The maximum absolute atomic E-state index is 13.5. The van der Waals surface area contributed by atoms with Crippen LogP contribution in [0.4, 0.5) is 8.78 Å². The molecule has 5 heteroatoms. The van der Waals surface area contributed by atoms with Crippen LogP contribution in [0.1, 0.15) is 24.1 Å². The van der Waals surface area contributed by atoms with Gasteiger partial charge in [-0.2, -0.15) is 5.10 Å². The average molecular weight is 237 g/mol. The van der Waals surface area contributed by atoms with Crippen LogP contribution in [0.2, 0.25) is 0 Å². The first-order valence-electron chi connectivity index (χ1n) is 5.33. The van der Waals surface area contributed by atoms with Gasteiger partial charge >= 0.3 is 0 Å². The van der Waals surface area contributed by atoms with Crippen molar-refractivity contribution in [1.82, 2.24) is 15.5 Å². The lowest BCUT2D eigenvalue weighted by molar-refractivity contribution is 0.518. The second kappa shape index (κ2) is 5.05. The van der Waals surface area contributed by atoms with Gasteiger partial charge in [-0.25, -0.2) is 8.78 Å². The molecule has 0 saturated heterocycles. The summed E-state index contributed by atoms with van der Waals surface area (Å²) in [5.74, 6) is -1.09. The van der Waals surface area contributed by atoms with Crippen LogP contribution >= 0.6 is 0 Å². The predicted molar refractivity (Wildman–Crippen MR) is 60.2 cm³/mol. The number of nitrogens with one attached hydrogen (secondary N) is 2. The predicted octanol–water partition coefficient (Wildman–Crippen LogP) is 2.54. The minimum atomic E-state index is -0.562. The van der Waals surface area contributed by atoms with Crippen LogP contribution in [0.25, 0.3) is 0 Å². The van der Waals surface area contributed by atoms with E-state index in [1.54, 1.807) is 12.4 Å². The van der Waals surface area contributed by atoms with E-state index < -0.39 is 11.6 Å². The van der Waals surface area contributed by atoms with Gasteiger partial charge in [-0.1, -0.05) is 6.07 Å². The number of hydrogen-bond acceptors (Lipinski definition) is 2. The Morgan fingerprint density at radius 3 is 2.88 bits per heavy atom. The van der Waals surface area contributed by atoms with Gasteiger partial charge in [0, 0.05) is 36.0 Å². The molecule has 0 radical (unpaired) electrons. The van der Waals surface area contributed by atoms with E-state index in [4.69, 9.17) is 0 Å². The number of aromatic nitrogens is 2. The van der Waals surface area contributed by atoms with Crippen molar-refractivity contribution in [1.29, 1.82) is 0 Å². The number of hydrogen-bond donors (Lipinski definition) is 2. The molecule has 17 heavy (non-hydrogen) atoms. The molecule has 0 aliphatic carbocycles. The summed E-state index contributed by atoms with van der Waals surface area (Å²) >= 11 is 0. The summed E-state index contributed by atoms with van der Waals surface area (Å²) < 4.78 is 26.2. The average Bonchev–Trinajstić information content (AvgIpc) is 2.78. The number of benzene rings is 1. The minimum Gasteiger partial charge on any atom is -0.306 e. The molecule has 1 aromatic heterocycles. The van der Waals surface area contributed by atoms with E-state index in [-0.39, 0.29) is 6.04 Å². The smallest absolute Gasteiger partial charge is 0.130 e. The monoisotopic (exact) mass is 237 g/mol. The van der Waals surface area contributed by atoms with Gasteiger partial charge in [0.25, 0.3) is 0 Å². The summed E-state index contributed by atoms with van der Waals surface area (Å²) in [5, 5.41) is 9.65. The van der Waals surface area contributed by atoms with Gasteiger partial charge in [0.2, 0.25) is 0 Å². The van der Waals surface area contributed by atoms with E-state index in [2.05, 4.69) is 15.5 Å². The molecule has 0 bridgehead atoms. The van der Waals surface area contributed by atoms with Crippen LogP contribution < -0.4 is 5.32 Å². The molecule has 3 nitrogen and oxygen atoms in total. The van der Waals surface area contributed by atoms with E-state index in [0.29, 0.717) is 12.1 Å². The molecule has 0 spiro atoms. The van der Waals surface area contributed by atoms with Crippen LogP contribution in [0.3, 0.4) is 0 Å². The van der Waals surface area contributed by atoms with E-state index in [1.165, 1.54) is 12.1 Å². The van der Waals surface area contributed by atoms with E-state index in [0.717, 1.165) is 11.6 Å². The molecular weight excluding hydrogens is 224 g/mol. The van der Waals surface area contributed by atoms with Crippen molar-refractivity contribution in [2.24, 2.45) is 0 Å². The normalized spacial score (nSPS) is 12.6. The highest BCUT2D eigenvalue weighted by atomic mass is 19.1. The molecular formula is C12H13F2N3. The van der Waals surface area contributed by atoms with Crippen molar-refractivity contribution < 1.29 is 8.78 Å². The molecule has 0 amide bonds. The van der Waals surface area contributed by atoms with Crippen LogP contribution in [0.5, 0.6) is 0 Å². The fourth-order valence-corrected chi connectivity index (χ4v) is 1.61. The Balaban J connectivity index is 2.01. The first-order chi connectivity index (χ1) is 8.16. The fraction of sp³-hybridized carbons (Fsp3) is 0.250. The van der Waals surface area contributed by atoms with Crippen molar-refractivity contribution in [2.45, 2.75) is 19.5 Å². The van der Waals surface area contributed by atoms with Crippen LogP contribution in [-0.4, -0.2) is 10.2 Å². The highest BCUT2D eigenvalue weighted by molar-refractivity contribution is 5.21. The molecule has 90 valence electrons. The Labute approximate surface area is 97.9 Å². The number of H-pyrrole nitrogens is 1. The molecule has 1 unspecified atom stereocenters. The molecule has 0 aliphatic rings. The first-order valence-corrected chi connectivity index (χ1v) is 5.33. The standard InChI is InChI=1S/C12H13F2N3/c1-8(15-5-9-6-16-17-7-9)11-3-2-10(13)4-12(11)14/h2-4,6-8,15H,5H2,1H3,(H,16,17). The van der Waals surface area contributed by atoms with Crippen molar-refractivity contribution in [3.05, 3.63) is 53.4 Å². The van der Waals surface area contributed by atoms with Gasteiger partial charge in [0.15, 0.2) is 0 Å². The Bertz CT molecular complexity index is 483. The van der Waals surface area contributed by atoms with Crippen LogP contribution in [-0.2, 0) is 6.54 Å². The van der Waals surface area contributed by atoms with Gasteiger partial charge < -0.3 is 5.32 Å². The van der Waals surface area contributed by atoms with Crippen molar-refractivity contribution >= 4 is 0 Å². The summed E-state index contributed by atoms with van der Waals surface area (Å²) in [4.78, 5) is 0. The van der Waals surface area contributed by atoms with Gasteiger partial charge in [0.05, 0.1) is 6.20 Å². The number of aromatic amines is 1. The van der Waals surface area contributed by atoms with Gasteiger partial charge in [-0.05, 0) is 13.0 Å². The molecule has 1 atom stereocenters. The van der Waals surface area contributed by atoms with Crippen molar-refractivity contribution in [3.63, 3.8) is 0 Å². The van der Waals surface area contributed by atoms with Gasteiger partial charge in [-0.15, -0.1) is 0 Å². The largest absolute Gasteiger partial charge is 0.306 e. The lowest BCUT2D eigenvalue weighted by atomic mass is 10.1. The van der Waals surface area contributed by atoms with Crippen LogP contribution in [0, 0.1) is 11.6 Å². The molecule has 2 rings (SSSR count). The fourth-order valence-electron chi connectivity index (χ4n) is 1.61. The van der Waals surface area contributed by atoms with Crippen molar-refractivity contribution in [3.8, 4) is 0 Å². The van der Waals surface area contributed by atoms with E-state index in [9.17, 15) is 8.78 Å². The Morgan fingerprint density at radius 1 is 1.41 bits per heavy atom. The lowest BCUT2D eigenvalue weighted by Crippen LogP contribution is -2.18. The quantitative estimate of drug-likeness (QED) is 0.857. The van der Waals surface area contributed by atoms with Crippen molar-refractivity contribution in [2.75, 3.05) is 0 Å². The van der Waals surface area contributed by atoms with E-state index >= 15 is 0 Å². The summed E-state index contributed by atoms with van der Waals surface area (Å²) in [6.07, 6.45) is 3.46. The summed E-state index contributed by atoms with van der Waals surface area (Å²) in [5.41, 5.74) is 1.44. The molecule has 1 heterocycles. The summed E-state index contributed by atoms with van der Waals surface area (Å²) in [7, 11) is 0. The van der Waals surface area contributed by atoms with Gasteiger partial charge in [0.1, 0.15) is 11.6 Å². The first kappa shape index (κ1) is 11.7. The second-order valence-electron chi connectivity index (χ2n) is 3.87. The van der Waals surface area contributed by atoms with Crippen LogP contribution in [0.15, 0.2) is 30.6 Å². The minimum absolute atomic E-state index is 0.189. The molecule has 0 saturated carbocycles. The molecule has 0 aliphatic heterocycles. The molecule has 2 N–H and O–H groups in total. The zero-order chi connectivity index (χ0) is 12.3. The number of halogens is 2. The highest BCUT2D eigenvalue weighted by Gasteiger charge is 2.11. The third-order valence-corrected chi connectivity index (χ3v) is 2.60. The number of rotatable bonds is 4. The van der Waals surface area contributed by atoms with Gasteiger partial charge in [-0.3, -0.25) is 5.10 Å². The topological polar surface area (TPSA) is 40.7 Å². The zero-order valence-electron chi connectivity index (χ0n) is 9.37. The maximum atomic E-state index is 13.5. The van der Waals surface area contributed by atoms with E-state index in [1.807, 2.05) is 6.92 Å².